The summed E-state index contributed by atoms with van der Waals surface area (Å²) in [5.74, 6) is -0.526. The van der Waals surface area contributed by atoms with Gasteiger partial charge in [0.05, 0.1) is 29.4 Å². The normalized spacial score (nSPS) is 17.1. The number of rotatable bonds is 5. The number of aromatic nitrogens is 1. The summed E-state index contributed by atoms with van der Waals surface area (Å²) >= 11 is 3.48. The van der Waals surface area contributed by atoms with Crippen LogP contribution in [-0.4, -0.2) is 60.1 Å². The van der Waals surface area contributed by atoms with Crippen LogP contribution in [0, 0.1) is 0 Å². The van der Waals surface area contributed by atoms with E-state index in [-0.39, 0.29) is 0 Å². The summed E-state index contributed by atoms with van der Waals surface area (Å²) in [6.07, 6.45) is 3.12. The number of benzene rings is 2. The minimum Gasteiger partial charge on any atom is -0.465 e. The van der Waals surface area contributed by atoms with Crippen molar-refractivity contribution in [2.75, 3.05) is 33.3 Å². The number of esters is 1. The lowest BCUT2D eigenvalue weighted by atomic mass is 9.94. The molecule has 0 N–H and O–H groups in total. The highest BCUT2D eigenvalue weighted by molar-refractivity contribution is 9.10. The van der Waals surface area contributed by atoms with Gasteiger partial charge in [-0.25, -0.2) is 9.78 Å². The van der Waals surface area contributed by atoms with Crippen molar-refractivity contribution in [1.82, 2.24) is 14.8 Å². The van der Waals surface area contributed by atoms with Crippen molar-refractivity contribution in [3.63, 3.8) is 0 Å². The molecule has 3 heterocycles. The molecule has 0 atom stereocenters. The number of ether oxygens (including phenoxy) is 1. The van der Waals surface area contributed by atoms with Crippen molar-refractivity contribution in [3.05, 3.63) is 76.3 Å². The number of carbonyl (C=O) groups is 1. The Kier molecular flexibility index (Phi) is 10.6. The maximum atomic E-state index is 13.6. The number of fused-ring (bicyclic) bond motifs is 1. The Morgan fingerprint density at radius 3 is 2.41 bits per heavy atom. The van der Waals surface area contributed by atoms with Gasteiger partial charge in [-0.3, -0.25) is 4.90 Å². The van der Waals surface area contributed by atoms with E-state index in [0.29, 0.717) is 45.9 Å². The van der Waals surface area contributed by atoms with Crippen LogP contribution in [0.15, 0.2) is 59.6 Å². The molecule has 0 spiro atoms. The lowest BCUT2D eigenvalue weighted by molar-refractivity contribution is -0.137. The maximum Gasteiger partial charge on any atom is 0.416 e. The summed E-state index contributed by atoms with van der Waals surface area (Å²) < 4.78 is 46.8. The van der Waals surface area contributed by atoms with Crippen LogP contribution >= 0.6 is 15.9 Å². The summed E-state index contributed by atoms with van der Waals surface area (Å²) in [5, 5.41) is 0.611. The number of likely N-dealkylation sites (tertiary alicyclic amines) is 2. The highest BCUT2D eigenvalue weighted by atomic mass is 79.9. The SMILES string of the molecule is C=CC.COC(=O)c1c(CN2CCC(N3CCCCC3)CC2)c(-c2cccc(C(F)(F)F)c2)nc2ccc(Br)cc12. The molecule has 0 saturated carbocycles. The van der Waals surface area contributed by atoms with Gasteiger partial charge in [0.2, 0.25) is 0 Å². The van der Waals surface area contributed by atoms with E-state index in [1.807, 2.05) is 13.0 Å². The average Bonchev–Trinajstić information content (AvgIpc) is 2.97. The van der Waals surface area contributed by atoms with E-state index in [2.05, 4.69) is 32.3 Å². The highest BCUT2D eigenvalue weighted by Crippen LogP contribution is 2.37. The number of allylic oxidation sites excluding steroid dienone is 1. The molecule has 1 aromatic heterocycles. The first-order chi connectivity index (χ1) is 19.7. The maximum absolute atomic E-state index is 13.6. The number of piperidine rings is 2. The van der Waals surface area contributed by atoms with E-state index in [1.165, 1.54) is 32.4 Å². The predicted octanol–water partition coefficient (Wildman–Crippen LogP) is 8.11. The molecule has 2 aliphatic heterocycles. The van der Waals surface area contributed by atoms with E-state index in [0.717, 1.165) is 55.6 Å². The summed E-state index contributed by atoms with van der Waals surface area (Å²) in [7, 11) is 1.32. The molecular weight excluding hydrogens is 595 g/mol. The van der Waals surface area contributed by atoms with Gasteiger partial charge in [-0.2, -0.15) is 13.2 Å². The number of hydrogen-bond donors (Lipinski definition) is 0. The van der Waals surface area contributed by atoms with Gasteiger partial charge in [-0.1, -0.05) is 40.6 Å². The van der Waals surface area contributed by atoms with Crippen LogP contribution in [0.5, 0.6) is 0 Å². The van der Waals surface area contributed by atoms with Crippen molar-refractivity contribution in [2.24, 2.45) is 0 Å². The van der Waals surface area contributed by atoms with E-state index in [4.69, 9.17) is 9.72 Å². The summed E-state index contributed by atoms with van der Waals surface area (Å²) in [4.78, 5) is 22.9. The van der Waals surface area contributed by atoms with Crippen molar-refractivity contribution >= 4 is 32.8 Å². The molecule has 2 fully saturated rings. The van der Waals surface area contributed by atoms with Crippen LogP contribution < -0.4 is 0 Å². The lowest BCUT2D eigenvalue weighted by Crippen LogP contribution is -2.46. The molecule has 5 nitrogen and oxygen atoms in total. The van der Waals surface area contributed by atoms with E-state index >= 15 is 0 Å². The molecule has 3 aromatic rings. The first-order valence-electron chi connectivity index (χ1n) is 14.1. The fourth-order valence-corrected chi connectivity index (χ4v) is 6.16. The van der Waals surface area contributed by atoms with Gasteiger partial charge in [0.1, 0.15) is 0 Å². The molecule has 2 aliphatic rings. The zero-order valence-electron chi connectivity index (χ0n) is 23.6. The minimum atomic E-state index is -4.49. The molecule has 220 valence electrons. The second-order valence-electron chi connectivity index (χ2n) is 10.6. The molecule has 0 bridgehead atoms. The fraction of sp³-hybridized carbons (Fsp3) is 0.438. The Morgan fingerprint density at radius 1 is 1.10 bits per heavy atom. The monoisotopic (exact) mass is 631 g/mol. The quantitative estimate of drug-likeness (QED) is 0.210. The zero-order chi connectivity index (χ0) is 29.6. The Hall–Kier alpha value is -2.75. The van der Waals surface area contributed by atoms with Crippen LogP contribution in [-0.2, 0) is 17.5 Å². The van der Waals surface area contributed by atoms with Gasteiger partial charge in [0, 0.05) is 33.6 Å². The van der Waals surface area contributed by atoms with Crippen molar-refractivity contribution in [2.45, 2.75) is 57.8 Å². The molecule has 0 aliphatic carbocycles. The van der Waals surface area contributed by atoms with Gasteiger partial charge in [-0.05, 0) is 89.1 Å². The Labute approximate surface area is 248 Å². The molecule has 5 rings (SSSR count). The predicted molar refractivity (Wildman–Crippen MR) is 161 cm³/mol. The first kappa shape index (κ1) is 31.2. The number of carbonyl (C=O) groups excluding carboxylic acids is 1. The number of halogens is 4. The van der Waals surface area contributed by atoms with E-state index in [1.54, 1.807) is 24.3 Å². The van der Waals surface area contributed by atoms with Crippen LogP contribution in [0.2, 0.25) is 0 Å². The molecule has 0 amide bonds. The van der Waals surface area contributed by atoms with Crippen molar-refractivity contribution in [1.29, 1.82) is 0 Å². The van der Waals surface area contributed by atoms with E-state index < -0.39 is 17.7 Å². The second kappa shape index (κ2) is 13.9. The summed E-state index contributed by atoms with van der Waals surface area (Å²) in [5.41, 5.74) is 1.43. The summed E-state index contributed by atoms with van der Waals surface area (Å²) in [6, 6.07) is 11.1. The third kappa shape index (κ3) is 7.56. The highest BCUT2D eigenvalue weighted by Gasteiger charge is 2.32. The van der Waals surface area contributed by atoms with E-state index in [9.17, 15) is 18.0 Å². The average molecular weight is 633 g/mol. The smallest absolute Gasteiger partial charge is 0.416 e. The molecular formula is C32H37BrF3N3O2. The number of alkyl halides is 3. The molecule has 2 saturated heterocycles. The molecule has 41 heavy (non-hydrogen) atoms. The summed E-state index contributed by atoms with van der Waals surface area (Å²) in [6.45, 7) is 9.65. The van der Waals surface area contributed by atoms with Crippen LogP contribution in [0.25, 0.3) is 22.2 Å². The van der Waals surface area contributed by atoms with Crippen LogP contribution in [0.3, 0.4) is 0 Å². The standard InChI is InChI=1S/C29H31BrF3N3O2.C3H6/c1-38-28(37)26-23-17-21(30)8-9-25(23)34-27(19-6-5-7-20(16-19)29(31,32)33)24(26)18-35-14-10-22(11-15-35)36-12-3-2-4-13-36;1-3-2/h5-9,16-17,22H,2-4,10-15,18H2,1H3;3H,1H2,2H3. The molecule has 2 aromatic carbocycles. The van der Waals surface area contributed by atoms with Crippen molar-refractivity contribution in [3.8, 4) is 11.3 Å². The molecule has 0 radical (unpaired) electrons. The second-order valence-corrected chi connectivity index (χ2v) is 11.5. The Morgan fingerprint density at radius 2 is 1.78 bits per heavy atom. The topological polar surface area (TPSA) is 45.7 Å². The zero-order valence-corrected chi connectivity index (χ0v) is 25.2. The number of hydrogen-bond acceptors (Lipinski definition) is 5. The third-order valence-corrected chi connectivity index (χ3v) is 8.24. The Bertz CT molecular complexity index is 1360. The third-order valence-electron chi connectivity index (χ3n) is 7.75. The van der Waals surface area contributed by atoms with Gasteiger partial charge in [0.15, 0.2) is 0 Å². The lowest BCUT2D eigenvalue weighted by Gasteiger charge is -2.40. The number of nitrogens with zero attached hydrogens (tertiary/aromatic N) is 3. The van der Waals surface area contributed by atoms with Gasteiger partial charge < -0.3 is 9.64 Å². The fourth-order valence-electron chi connectivity index (χ4n) is 5.80. The Balaban J connectivity index is 0.00000124. The van der Waals surface area contributed by atoms with Crippen molar-refractivity contribution < 1.29 is 22.7 Å². The number of methoxy groups -OCH3 is 1. The minimum absolute atomic E-state index is 0.327. The number of pyridine rings is 1. The molecule has 0 unspecified atom stereocenters. The van der Waals surface area contributed by atoms with Gasteiger partial charge in [0.25, 0.3) is 0 Å². The van der Waals surface area contributed by atoms with Gasteiger partial charge in [-0.15, -0.1) is 6.58 Å². The van der Waals surface area contributed by atoms with Gasteiger partial charge >= 0.3 is 12.1 Å². The first-order valence-corrected chi connectivity index (χ1v) is 14.9. The molecule has 9 heteroatoms. The largest absolute Gasteiger partial charge is 0.465 e. The van der Waals surface area contributed by atoms with Crippen LogP contribution in [0.1, 0.15) is 60.5 Å². The van der Waals surface area contributed by atoms with Crippen LogP contribution in [0.4, 0.5) is 13.2 Å².